The largest absolute Gasteiger partial charge is 0.439 e. The summed E-state index contributed by atoms with van der Waals surface area (Å²) in [5, 5.41) is 3.26. The molecule has 2 heterocycles. The number of hydrogen-bond donors (Lipinski definition) is 1. The number of benzene rings is 2. The van der Waals surface area contributed by atoms with E-state index in [0.29, 0.717) is 0 Å². The highest BCUT2D eigenvalue weighted by molar-refractivity contribution is 5.74. The van der Waals surface area contributed by atoms with Crippen molar-refractivity contribution in [2.24, 2.45) is 0 Å². The van der Waals surface area contributed by atoms with Crippen molar-refractivity contribution in [2.45, 2.75) is 39.7 Å². The molecule has 0 atom stereocenters. The van der Waals surface area contributed by atoms with Gasteiger partial charge < -0.3 is 14.5 Å². The zero-order valence-corrected chi connectivity index (χ0v) is 15.9. The van der Waals surface area contributed by atoms with E-state index in [4.69, 9.17) is 9.15 Å². The van der Waals surface area contributed by atoms with E-state index >= 15 is 0 Å². The van der Waals surface area contributed by atoms with Crippen molar-refractivity contribution in [1.82, 2.24) is 0 Å². The molecule has 0 amide bonds. The fourth-order valence-corrected chi connectivity index (χ4v) is 3.50. The van der Waals surface area contributed by atoms with Crippen LogP contribution in [0.25, 0.3) is 17.2 Å². The Morgan fingerprint density at radius 1 is 1.04 bits per heavy atom. The van der Waals surface area contributed by atoms with Gasteiger partial charge in [-0.15, -0.1) is 0 Å². The maximum Gasteiger partial charge on any atom is 0.374 e. The molecule has 1 aliphatic rings. The lowest BCUT2D eigenvalue weighted by atomic mass is 10.1. The minimum Gasteiger partial charge on any atom is -0.439 e. The first-order valence-corrected chi connectivity index (χ1v) is 9.66. The number of oxazole rings is 1. The maximum atomic E-state index is 6.15. The summed E-state index contributed by atoms with van der Waals surface area (Å²) in [7, 11) is 0. The van der Waals surface area contributed by atoms with Gasteiger partial charge in [-0.05, 0) is 36.8 Å². The topological polar surface area (TPSA) is 38.3 Å². The molecule has 4 heteroatoms. The van der Waals surface area contributed by atoms with Crippen molar-refractivity contribution in [3.8, 4) is 5.75 Å². The first-order chi connectivity index (χ1) is 13.3. The maximum absolute atomic E-state index is 6.15. The number of anilines is 1. The first-order valence-electron chi connectivity index (χ1n) is 9.66. The Kier molecular flexibility index (Phi) is 4.97. The summed E-state index contributed by atoms with van der Waals surface area (Å²) in [6, 6.07) is 14.3. The number of fused-ring (bicyclic) bond motifs is 2. The molecule has 1 N–H and O–H groups in total. The number of para-hydroxylation sites is 3. The van der Waals surface area contributed by atoms with Crippen LogP contribution in [0.3, 0.4) is 0 Å². The van der Waals surface area contributed by atoms with Gasteiger partial charge in [-0.3, -0.25) is 0 Å². The van der Waals surface area contributed by atoms with Gasteiger partial charge in [0, 0.05) is 12.0 Å². The molecule has 0 saturated carbocycles. The second-order valence-corrected chi connectivity index (χ2v) is 6.72. The van der Waals surface area contributed by atoms with Crippen molar-refractivity contribution in [2.75, 3.05) is 5.32 Å². The van der Waals surface area contributed by atoms with Gasteiger partial charge in [0.1, 0.15) is 0 Å². The number of aryl methyl sites for hydroxylation is 2. The average Bonchev–Trinajstić information content (AvgIpc) is 3.24. The third-order valence-corrected chi connectivity index (χ3v) is 4.65. The summed E-state index contributed by atoms with van der Waals surface area (Å²) in [6.45, 7) is 5.34. The standard InChI is InChI=1S/C23H24N2O2/c1-3-9-17-10-7-13-20-23(17)25(16-4-2)22(27-20)15-8-14-21-24-18-11-5-6-12-19(18)26-21/h5-8,10-15H,3-4,9,16H2,1-2H3/p+1. The van der Waals surface area contributed by atoms with E-state index in [2.05, 4.69) is 41.9 Å². The summed E-state index contributed by atoms with van der Waals surface area (Å²) in [5.74, 6) is 2.44. The molecule has 138 valence electrons. The Hall–Kier alpha value is -3.01. The molecule has 0 spiro atoms. The van der Waals surface area contributed by atoms with Crippen LogP contribution in [0.4, 0.5) is 5.69 Å². The Labute approximate surface area is 159 Å². The Bertz CT molecular complexity index is 987. The molecule has 0 radical (unpaired) electrons. The zero-order valence-electron chi connectivity index (χ0n) is 15.9. The van der Waals surface area contributed by atoms with Crippen molar-refractivity contribution in [1.29, 1.82) is 0 Å². The molecule has 27 heavy (non-hydrogen) atoms. The van der Waals surface area contributed by atoms with Gasteiger partial charge in [-0.2, -0.15) is 4.57 Å². The molecule has 3 aromatic rings. The van der Waals surface area contributed by atoms with Gasteiger partial charge in [0.15, 0.2) is 18.2 Å². The minimum absolute atomic E-state index is 0.720. The van der Waals surface area contributed by atoms with Crippen LogP contribution in [-0.4, -0.2) is 0 Å². The van der Waals surface area contributed by atoms with Crippen molar-refractivity contribution in [3.63, 3.8) is 0 Å². The van der Waals surface area contributed by atoms with Crippen LogP contribution >= 0.6 is 0 Å². The van der Waals surface area contributed by atoms with E-state index < -0.39 is 0 Å². The van der Waals surface area contributed by atoms with E-state index in [1.165, 1.54) is 11.1 Å². The molecule has 0 fully saturated rings. The smallest absolute Gasteiger partial charge is 0.374 e. The lowest BCUT2D eigenvalue weighted by Crippen LogP contribution is -2.35. The van der Waals surface area contributed by atoms with Gasteiger partial charge in [-0.25, -0.2) is 0 Å². The predicted octanol–water partition coefficient (Wildman–Crippen LogP) is 5.44. The number of ether oxygens (including phenoxy) is 1. The highest BCUT2D eigenvalue weighted by Gasteiger charge is 2.22. The van der Waals surface area contributed by atoms with Crippen LogP contribution in [0.1, 0.15) is 38.1 Å². The number of nitrogens with one attached hydrogen (secondary N) is 1. The van der Waals surface area contributed by atoms with E-state index in [-0.39, 0.29) is 0 Å². The summed E-state index contributed by atoms with van der Waals surface area (Å²) >= 11 is 0. The molecule has 0 aliphatic carbocycles. The van der Waals surface area contributed by atoms with Gasteiger partial charge in [0.2, 0.25) is 5.58 Å². The highest BCUT2D eigenvalue weighted by atomic mass is 16.5. The van der Waals surface area contributed by atoms with E-state index in [1.807, 2.05) is 42.5 Å². The fourth-order valence-electron chi connectivity index (χ4n) is 3.50. The minimum atomic E-state index is 0.720. The van der Waals surface area contributed by atoms with Gasteiger partial charge in [0.05, 0.1) is 11.8 Å². The molecule has 1 aromatic heterocycles. The highest BCUT2D eigenvalue weighted by Crippen LogP contribution is 2.32. The number of hydrogen-bond acceptors (Lipinski definition) is 3. The molecule has 1 aliphatic heterocycles. The third kappa shape index (κ3) is 3.47. The molecule has 0 saturated heterocycles. The quantitative estimate of drug-likeness (QED) is 0.594. The van der Waals surface area contributed by atoms with Gasteiger partial charge in [-0.1, -0.05) is 44.5 Å². The van der Waals surface area contributed by atoms with Crippen molar-refractivity contribution in [3.05, 3.63) is 72.0 Å². The van der Waals surface area contributed by atoms with Crippen LogP contribution in [0.5, 0.6) is 5.75 Å². The molecule has 0 unspecified atom stereocenters. The monoisotopic (exact) mass is 361 g/mol. The first kappa shape index (κ1) is 17.4. The van der Waals surface area contributed by atoms with Crippen molar-refractivity contribution >= 4 is 22.9 Å². The number of rotatable bonds is 6. The van der Waals surface area contributed by atoms with Gasteiger partial charge in [0.25, 0.3) is 5.52 Å². The van der Waals surface area contributed by atoms with Crippen LogP contribution in [0.15, 0.2) is 64.9 Å². The number of aromatic nitrogens is 1. The summed E-state index contributed by atoms with van der Waals surface area (Å²) in [5.41, 5.74) is 4.51. The molecular weight excluding hydrogens is 336 g/mol. The number of nitrogens with zero attached hydrogens (tertiary/aromatic N) is 1. The van der Waals surface area contributed by atoms with E-state index in [1.54, 1.807) is 0 Å². The van der Waals surface area contributed by atoms with Crippen LogP contribution in [0, 0.1) is 0 Å². The lowest BCUT2D eigenvalue weighted by Gasteiger charge is -1.98. The van der Waals surface area contributed by atoms with Crippen LogP contribution in [-0.2, 0) is 13.0 Å². The van der Waals surface area contributed by atoms with Crippen molar-refractivity contribution < 1.29 is 13.7 Å². The second-order valence-electron chi connectivity index (χ2n) is 6.72. The zero-order chi connectivity index (χ0) is 18.6. The third-order valence-electron chi connectivity index (χ3n) is 4.65. The van der Waals surface area contributed by atoms with E-state index in [9.17, 15) is 0 Å². The summed E-state index contributed by atoms with van der Waals surface area (Å²) in [4.78, 5) is 0. The second kappa shape index (κ2) is 7.70. The SMILES string of the molecule is CCCc1cccc2oc(C=CC=C3Nc4ccccc4O3)[n+](CCC)c12. The molecule has 0 bridgehead atoms. The van der Waals surface area contributed by atoms with Crippen LogP contribution < -0.4 is 14.6 Å². The molecule has 4 rings (SSSR count). The summed E-state index contributed by atoms with van der Waals surface area (Å²) in [6.07, 6.45) is 9.14. The molecule has 4 nitrogen and oxygen atoms in total. The fraction of sp³-hybridized carbons (Fsp3) is 0.261. The predicted molar refractivity (Wildman–Crippen MR) is 109 cm³/mol. The number of allylic oxidation sites excluding steroid dienone is 2. The Morgan fingerprint density at radius 3 is 2.74 bits per heavy atom. The van der Waals surface area contributed by atoms with E-state index in [0.717, 1.165) is 54.6 Å². The molecular formula is C23H25N2O2+. The van der Waals surface area contributed by atoms with Crippen LogP contribution in [0.2, 0.25) is 0 Å². The Balaban J connectivity index is 1.64. The lowest BCUT2D eigenvalue weighted by molar-refractivity contribution is -0.678. The summed E-state index contributed by atoms with van der Waals surface area (Å²) < 4.78 is 14.2. The Morgan fingerprint density at radius 2 is 1.93 bits per heavy atom. The van der Waals surface area contributed by atoms with Gasteiger partial charge >= 0.3 is 5.89 Å². The normalized spacial score (nSPS) is 14.7. The molecule has 2 aromatic carbocycles. The average molecular weight is 361 g/mol.